The molecule has 0 aliphatic rings. The summed E-state index contributed by atoms with van der Waals surface area (Å²) < 4.78 is 31.8. The minimum atomic E-state index is -4.14. The Kier molecular flexibility index (Phi) is 5.25. The van der Waals surface area contributed by atoms with E-state index in [1.54, 1.807) is 6.07 Å². The van der Waals surface area contributed by atoms with E-state index >= 15 is 0 Å². The third-order valence-corrected chi connectivity index (χ3v) is 5.69. The summed E-state index contributed by atoms with van der Waals surface area (Å²) in [6.45, 7) is 1.86. The summed E-state index contributed by atoms with van der Waals surface area (Å²) in [5.74, 6) is -2.02. The number of carbonyl (C=O) groups excluding carboxylic acids is 1. The number of methoxy groups -OCH3 is 1. The number of hydrogen-bond donors (Lipinski definition) is 2. The molecule has 0 atom stereocenters. The van der Waals surface area contributed by atoms with E-state index < -0.39 is 22.0 Å². The number of hydrogen-bond acceptors (Lipinski definition) is 6. The van der Waals surface area contributed by atoms with Crippen molar-refractivity contribution in [2.24, 2.45) is 0 Å². The maximum atomic E-state index is 12.5. The molecule has 0 saturated heterocycles. The number of benzene rings is 1. The Hall–Kier alpha value is -2.39. The number of carboxylic acids is 1. The summed E-state index contributed by atoms with van der Waals surface area (Å²) in [6, 6.07) is 5.71. The third-order valence-electron chi connectivity index (χ3n) is 3.26. The highest BCUT2D eigenvalue weighted by molar-refractivity contribution is 7.93. The molecule has 0 radical (unpaired) electrons. The number of rotatable bonds is 6. The van der Waals surface area contributed by atoms with Crippen molar-refractivity contribution >= 4 is 39.0 Å². The molecule has 7 nitrogen and oxygen atoms in total. The van der Waals surface area contributed by atoms with Crippen LogP contribution in [0.5, 0.6) is 0 Å². The van der Waals surface area contributed by atoms with E-state index in [4.69, 9.17) is 0 Å². The molecule has 0 bridgehead atoms. The highest BCUT2D eigenvalue weighted by Gasteiger charge is 2.26. The molecule has 1 aromatic carbocycles. The Morgan fingerprint density at radius 3 is 2.58 bits per heavy atom. The van der Waals surface area contributed by atoms with Crippen LogP contribution in [0.2, 0.25) is 0 Å². The number of nitrogens with one attached hydrogen (secondary N) is 1. The van der Waals surface area contributed by atoms with Gasteiger partial charge in [0.1, 0.15) is 9.77 Å². The molecule has 1 aromatic heterocycles. The fourth-order valence-electron chi connectivity index (χ4n) is 2.03. The van der Waals surface area contributed by atoms with E-state index in [0.717, 1.165) is 24.0 Å². The molecule has 0 aliphatic heterocycles. The molecule has 0 saturated carbocycles. The number of anilines is 1. The first-order valence-electron chi connectivity index (χ1n) is 6.85. The largest absolute Gasteiger partial charge is 0.478 e. The van der Waals surface area contributed by atoms with Crippen molar-refractivity contribution in [3.05, 3.63) is 45.6 Å². The third kappa shape index (κ3) is 3.57. The van der Waals surface area contributed by atoms with Gasteiger partial charge in [-0.2, -0.15) is 0 Å². The highest BCUT2D eigenvalue weighted by atomic mass is 32.2. The molecule has 0 amide bonds. The van der Waals surface area contributed by atoms with Gasteiger partial charge in [-0.15, -0.1) is 11.3 Å². The lowest BCUT2D eigenvalue weighted by atomic mass is 10.1. The first-order chi connectivity index (χ1) is 11.3. The van der Waals surface area contributed by atoms with Crippen LogP contribution < -0.4 is 4.72 Å². The smallest absolute Gasteiger partial charge is 0.349 e. The zero-order valence-electron chi connectivity index (χ0n) is 12.9. The predicted octanol–water partition coefficient (Wildman–Crippen LogP) is 2.60. The summed E-state index contributed by atoms with van der Waals surface area (Å²) in [4.78, 5) is 22.7. The summed E-state index contributed by atoms with van der Waals surface area (Å²) in [7, 11) is -2.98. The molecule has 2 rings (SSSR count). The van der Waals surface area contributed by atoms with E-state index in [9.17, 15) is 23.1 Å². The van der Waals surface area contributed by atoms with Crippen molar-refractivity contribution in [2.45, 2.75) is 18.2 Å². The maximum absolute atomic E-state index is 12.5. The molecule has 2 aromatic rings. The van der Waals surface area contributed by atoms with Gasteiger partial charge in [0.05, 0.1) is 18.4 Å². The Morgan fingerprint density at radius 1 is 1.29 bits per heavy atom. The van der Waals surface area contributed by atoms with Gasteiger partial charge in [-0.1, -0.05) is 13.0 Å². The summed E-state index contributed by atoms with van der Waals surface area (Å²) in [6.07, 6.45) is 0.615. The number of carbonyl (C=O) groups is 2. The van der Waals surface area contributed by atoms with Crippen molar-refractivity contribution in [1.29, 1.82) is 0 Å². The zero-order chi connectivity index (χ0) is 17.9. The quantitative estimate of drug-likeness (QED) is 0.758. The van der Waals surface area contributed by atoms with Crippen LogP contribution in [0.25, 0.3) is 0 Å². The van der Waals surface area contributed by atoms with Crippen molar-refractivity contribution in [3.8, 4) is 0 Å². The Morgan fingerprint density at radius 2 is 2.00 bits per heavy atom. The van der Waals surface area contributed by atoms with E-state index in [1.165, 1.54) is 23.6 Å². The predicted molar refractivity (Wildman–Crippen MR) is 89.2 cm³/mol. The average molecular weight is 369 g/mol. The molecule has 9 heteroatoms. The number of sulfonamides is 1. The van der Waals surface area contributed by atoms with Crippen molar-refractivity contribution < 1.29 is 27.9 Å². The molecule has 0 unspecified atom stereocenters. The molecule has 1 heterocycles. The number of thiophene rings is 1. The molecule has 0 fully saturated rings. The zero-order valence-corrected chi connectivity index (χ0v) is 14.5. The standard InChI is InChI=1S/C15H15NO6S2/c1-3-9-4-5-11(10(8-9)14(17)18)16-24(20,21)12-6-7-23-13(12)15(19)22-2/h4-8,16H,3H2,1-2H3,(H,17,18). The topological polar surface area (TPSA) is 110 Å². The lowest BCUT2D eigenvalue weighted by Crippen LogP contribution is -2.17. The van der Waals surface area contributed by atoms with Crippen molar-refractivity contribution in [3.63, 3.8) is 0 Å². The van der Waals surface area contributed by atoms with E-state index in [-0.39, 0.29) is 21.0 Å². The molecule has 2 N–H and O–H groups in total. The number of carboxylic acid groups (broad SMARTS) is 1. The van der Waals surface area contributed by atoms with E-state index in [2.05, 4.69) is 9.46 Å². The lowest BCUT2D eigenvalue weighted by Gasteiger charge is -2.12. The van der Waals surface area contributed by atoms with Crippen LogP contribution in [0.15, 0.2) is 34.5 Å². The van der Waals surface area contributed by atoms with Gasteiger partial charge in [0, 0.05) is 0 Å². The van der Waals surface area contributed by atoms with Crippen LogP contribution in [-0.2, 0) is 21.2 Å². The lowest BCUT2D eigenvalue weighted by molar-refractivity contribution is 0.0601. The fourth-order valence-corrected chi connectivity index (χ4v) is 4.44. The second kappa shape index (κ2) is 7.02. The first kappa shape index (κ1) is 18.0. The number of aromatic carboxylic acids is 1. The molecule has 0 aliphatic carbocycles. The van der Waals surface area contributed by atoms with E-state index in [1.807, 2.05) is 6.92 Å². The minimum absolute atomic E-state index is 0.0679. The molecule has 0 spiro atoms. The summed E-state index contributed by atoms with van der Waals surface area (Å²) in [5, 5.41) is 10.7. The van der Waals surface area contributed by atoms with Crippen LogP contribution in [0.4, 0.5) is 5.69 Å². The van der Waals surface area contributed by atoms with Gasteiger partial charge >= 0.3 is 11.9 Å². The number of esters is 1. The Bertz CT molecular complexity index is 885. The van der Waals surface area contributed by atoms with Crippen LogP contribution >= 0.6 is 11.3 Å². The van der Waals surface area contributed by atoms with Crippen LogP contribution in [-0.4, -0.2) is 32.6 Å². The van der Waals surface area contributed by atoms with Crippen molar-refractivity contribution in [2.75, 3.05) is 11.8 Å². The van der Waals surface area contributed by atoms with Gasteiger partial charge in [0.25, 0.3) is 10.0 Å². The highest BCUT2D eigenvalue weighted by Crippen LogP contribution is 2.27. The van der Waals surface area contributed by atoms with Crippen LogP contribution in [0.3, 0.4) is 0 Å². The normalized spacial score (nSPS) is 11.1. The molecule has 128 valence electrons. The van der Waals surface area contributed by atoms with Gasteiger partial charge in [0.2, 0.25) is 0 Å². The second-order valence-corrected chi connectivity index (χ2v) is 7.32. The summed E-state index contributed by atoms with van der Waals surface area (Å²) >= 11 is 0.926. The maximum Gasteiger partial charge on any atom is 0.349 e. The Labute approximate surface area is 142 Å². The number of aryl methyl sites for hydroxylation is 1. The average Bonchev–Trinajstić information content (AvgIpc) is 3.04. The van der Waals surface area contributed by atoms with Gasteiger partial charge in [-0.3, -0.25) is 4.72 Å². The SMILES string of the molecule is CCc1ccc(NS(=O)(=O)c2ccsc2C(=O)OC)c(C(=O)O)c1. The second-order valence-electron chi connectivity index (χ2n) is 4.75. The summed E-state index contributed by atoms with van der Waals surface area (Å²) in [5.41, 5.74) is 0.538. The van der Waals surface area contributed by atoms with Gasteiger partial charge in [-0.05, 0) is 35.6 Å². The number of ether oxygens (including phenoxy) is 1. The Balaban J connectivity index is 2.46. The van der Waals surface area contributed by atoms with Gasteiger partial charge < -0.3 is 9.84 Å². The minimum Gasteiger partial charge on any atom is -0.478 e. The first-order valence-corrected chi connectivity index (χ1v) is 9.21. The van der Waals surface area contributed by atoms with Crippen LogP contribution in [0.1, 0.15) is 32.5 Å². The monoisotopic (exact) mass is 369 g/mol. The van der Waals surface area contributed by atoms with E-state index in [0.29, 0.717) is 6.42 Å². The van der Waals surface area contributed by atoms with Gasteiger partial charge in [-0.25, -0.2) is 18.0 Å². The molecule has 24 heavy (non-hydrogen) atoms. The molecular weight excluding hydrogens is 354 g/mol. The van der Waals surface area contributed by atoms with Crippen LogP contribution in [0, 0.1) is 0 Å². The fraction of sp³-hybridized carbons (Fsp3) is 0.200. The van der Waals surface area contributed by atoms with Crippen molar-refractivity contribution in [1.82, 2.24) is 0 Å². The molecular formula is C15H15NO6S2. The van der Waals surface area contributed by atoms with Gasteiger partial charge in [0.15, 0.2) is 0 Å².